The van der Waals surface area contributed by atoms with Crippen molar-refractivity contribution < 1.29 is 14.3 Å². The predicted molar refractivity (Wildman–Crippen MR) is 101 cm³/mol. The van der Waals surface area contributed by atoms with Gasteiger partial charge in [0.2, 0.25) is 11.9 Å². The summed E-state index contributed by atoms with van der Waals surface area (Å²) in [4.78, 5) is 27.2. The van der Waals surface area contributed by atoms with Gasteiger partial charge in [-0.1, -0.05) is 12.2 Å². The van der Waals surface area contributed by atoms with Gasteiger partial charge in [0.15, 0.2) is 0 Å². The first-order chi connectivity index (χ1) is 12.1. The smallest absolute Gasteiger partial charge is 0.407 e. The number of allylic oxidation sites excluding steroid dienone is 1. The van der Waals surface area contributed by atoms with Crippen molar-refractivity contribution in [3.63, 3.8) is 0 Å². The number of nitrogens with two attached hydrogens (primary N) is 2. The molecule has 0 spiro atoms. The maximum atomic E-state index is 11.6. The number of primary amides is 1. The second-order valence-electron chi connectivity index (χ2n) is 6.96. The van der Waals surface area contributed by atoms with E-state index in [2.05, 4.69) is 10.3 Å². The van der Waals surface area contributed by atoms with Crippen LogP contribution in [-0.4, -0.2) is 33.7 Å². The van der Waals surface area contributed by atoms with Crippen molar-refractivity contribution in [3.05, 3.63) is 35.4 Å². The Morgan fingerprint density at radius 3 is 2.62 bits per heavy atom. The fourth-order valence-electron chi connectivity index (χ4n) is 2.54. The van der Waals surface area contributed by atoms with Crippen LogP contribution in [0.3, 0.4) is 0 Å². The molecule has 1 aromatic carbocycles. The van der Waals surface area contributed by atoms with Crippen molar-refractivity contribution in [2.45, 2.75) is 39.8 Å². The van der Waals surface area contributed by atoms with Gasteiger partial charge in [0, 0.05) is 18.7 Å². The molecule has 8 heteroatoms. The van der Waals surface area contributed by atoms with E-state index in [0.29, 0.717) is 30.1 Å². The second-order valence-corrected chi connectivity index (χ2v) is 6.96. The highest BCUT2D eigenvalue weighted by molar-refractivity contribution is 5.97. The van der Waals surface area contributed by atoms with E-state index in [-0.39, 0.29) is 0 Å². The number of hydrogen-bond acceptors (Lipinski definition) is 5. The van der Waals surface area contributed by atoms with Gasteiger partial charge in [0.25, 0.3) is 0 Å². The summed E-state index contributed by atoms with van der Waals surface area (Å²) in [6, 6.07) is 3.35. The lowest BCUT2D eigenvalue weighted by molar-refractivity contribution is 0.0534. The van der Waals surface area contributed by atoms with Crippen molar-refractivity contribution in [2.75, 3.05) is 12.3 Å². The molecule has 1 aromatic heterocycles. The summed E-state index contributed by atoms with van der Waals surface area (Å²) in [6.07, 6.45) is 3.21. The molecule has 8 nitrogen and oxygen atoms in total. The Balaban J connectivity index is 2.06. The van der Waals surface area contributed by atoms with E-state index in [1.807, 2.05) is 23.6 Å². The first-order valence-corrected chi connectivity index (χ1v) is 8.26. The number of rotatable bonds is 5. The Morgan fingerprint density at radius 1 is 1.31 bits per heavy atom. The molecule has 2 amide bonds. The number of aryl methyl sites for hydroxylation is 1. The number of nitrogen functional groups attached to an aromatic ring is 1. The zero-order chi connectivity index (χ0) is 19.5. The normalized spacial score (nSPS) is 11.8. The lowest BCUT2D eigenvalue weighted by Crippen LogP contribution is -2.32. The summed E-state index contributed by atoms with van der Waals surface area (Å²) in [5, 5.41) is 2.65. The maximum Gasteiger partial charge on any atom is 0.407 e. The average molecular weight is 359 g/mol. The van der Waals surface area contributed by atoms with Gasteiger partial charge in [0.05, 0.1) is 11.0 Å². The summed E-state index contributed by atoms with van der Waals surface area (Å²) in [5.74, 6) is -0.161. The molecule has 0 unspecified atom stereocenters. The average Bonchev–Trinajstić information content (AvgIpc) is 2.81. The van der Waals surface area contributed by atoms with Gasteiger partial charge in [-0.25, -0.2) is 9.78 Å². The van der Waals surface area contributed by atoms with Gasteiger partial charge < -0.3 is 26.1 Å². The number of fused-ring (bicyclic) bond motifs is 1. The molecular formula is C18H25N5O3. The molecule has 0 fully saturated rings. The van der Waals surface area contributed by atoms with Crippen molar-refractivity contribution >= 4 is 29.0 Å². The minimum atomic E-state index is -0.529. The first-order valence-electron chi connectivity index (χ1n) is 8.26. The number of nitrogens with zero attached hydrogens (tertiary/aromatic N) is 2. The van der Waals surface area contributed by atoms with Gasteiger partial charge >= 0.3 is 6.09 Å². The van der Waals surface area contributed by atoms with Crippen molar-refractivity contribution in [2.24, 2.45) is 5.73 Å². The van der Waals surface area contributed by atoms with Gasteiger partial charge in [-0.2, -0.15) is 0 Å². The zero-order valence-electron chi connectivity index (χ0n) is 15.5. The molecule has 1 heterocycles. The van der Waals surface area contributed by atoms with Crippen LogP contribution < -0.4 is 16.8 Å². The Hall–Kier alpha value is -3.03. The third-order valence-corrected chi connectivity index (χ3v) is 3.56. The fraction of sp³-hybridized carbons (Fsp3) is 0.389. The molecule has 0 aliphatic carbocycles. The maximum absolute atomic E-state index is 11.6. The van der Waals surface area contributed by atoms with E-state index in [0.717, 1.165) is 11.1 Å². The van der Waals surface area contributed by atoms with Crippen LogP contribution in [-0.2, 0) is 11.3 Å². The number of aromatic nitrogens is 2. The monoisotopic (exact) mass is 359 g/mol. The summed E-state index contributed by atoms with van der Waals surface area (Å²) in [7, 11) is 0. The molecule has 2 aromatic rings. The number of carbonyl (C=O) groups excluding carboxylic acids is 2. The largest absolute Gasteiger partial charge is 0.444 e. The van der Waals surface area contributed by atoms with E-state index in [4.69, 9.17) is 16.2 Å². The third kappa shape index (κ3) is 4.75. The van der Waals surface area contributed by atoms with Crippen LogP contribution >= 0.6 is 0 Å². The highest BCUT2D eigenvalue weighted by Crippen LogP contribution is 2.23. The number of carbonyl (C=O) groups is 2. The number of ether oxygens (including phenoxy) is 1. The van der Waals surface area contributed by atoms with E-state index in [1.165, 1.54) is 0 Å². The van der Waals surface area contributed by atoms with Crippen LogP contribution in [0, 0.1) is 6.92 Å². The Kier molecular flexibility index (Phi) is 5.54. The summed E-state index contributed by atoms with van der Waals surface area (Å²) in [5.41, 5.74) is 13.5. The van der Waals surface area contributed by atoms with Crippen molar-refractivity contribution in [1.29, 1.82) is 0 Å². The summed E-state index contributed by atoms with van der Waals surface area (Å²) >= 11 is 0. The number of hydrogen-bond donors (Lipinski definition) is 3. The minimum Gasteiger partial charge on any atom is -0.444 e. The predicted octanol–water partition coefficient (Wildman–Crippen LogP) is 2.11. The molecule has 140 valence electrons. The lowest BCUT2D eigenvalue weighted by atomic mass is 10.1. The number of nitrogens with one attached hydrogen (secondary N) is 1. The third-order valence-electron chi connectivity index (χ3n) is 3.56. The van der Waals surface area contributed by atoms with Crippen LogP contribution in [0.4, 0.5) is 10.7 Å². The molecule has 5 N–H and O–H groups in total. The van der Waals surface area contributed by atoms with E-state index >= 15 is 0 Å². The SMILES string of the molecule is Cc1cc(C(N)=O)cc2nc(N)n(C/C=C/CNC(=O)OC(C)(C)C)c12. The molecule has 0 atom stereocenters. The molecule has 0 aliphatic heterocycles. The summed E-state index contributed by atoms with van der Waals surface area (Å²) < 4.78 is 6.99. The molecule has 26 heavy (non-hydrogen) atoms. The Labute approximate surface area is 152 Å². The first kappa shape index (κ1) is 19.3. The number of amides is 2. The quantitative estimate of drug-likeness (QED) is 0.705. The number of alkyl carbamates (subject to hydrolysis) is 1. The van der Waals surface area contributed by atoms with Gasteiger partial charge in [-0.05, 0) is 45.4 Å². The van der Waals surface area contributed by atoms with E-state index < -0.39 is 17.6 Å². The van der Waals surface area contributed by atoms with Gasteiger partial charge in [-0.3, -0.25) is 4.79 Å². The van der Waals surface area contributed by atoms with Crippen LogP contribution in [0.2, 0.25) is 0 Å². The lowest BCUT2D eigenvalue weighted by Gasteiger charge is -2.19. The second kappa shape index (κ2) is 7.47. The van der Waals surface area contributed by atoms with Crippen molar-refractivity contribution in [1.82, 2.24) is 14.9 Å². The van der Waals surface area contributed by atoms with Crippen LogP contribution in [0.25, 0.3) is 11.0 Å². The number of imidazole rings is 1. The van der Waals surface area contributed by atoms with Gasteiger partial charge in [-0.15, -0.1) is 0 Å². The highest BCUT2D eigenvalue weighted by Gasteiger charge is 2.15. The molecular weight excluding hydrogens is 334 g/mol. The van der Waals surface area contributed by atoms with E-state index in [9.17, 15) is 9.59 Å². The molecule has 0 saturated heterocycles. The number of benzene rings is 1. The summed E-state index contributed by atoms with van der Waals surface area (Å²) in [6.45, 7) is 8.12. The standard InChI is InChI=1S/C18H25N5O3/c1-11-9-12(15(19)24)10-13-14(11)23(16(20)22-13)8-6-5-7-21-17(25)26-18(2,3)4/h5-6,9-10H,7-8H2,1-4H3,(H2,19,24)(H2,20,22)(H,21,25)/b6-5+. The van der Waals surface area contributed by atoms with Crippen molar-refractivity contribution in [3.8, 4) is 0 Å². The molecule has 0 saturated carbocycles. The number of anilines is 1. The van der Waals surface area contributed by atoms with Gasteiger partial charge in [0.1, 0.15) is 5.60 Å². The molecule has 2 rings (SSSR count). The minimum absolute atomic E-state index is 0.340. The Morgan fingerprint density at radius 2 is 2.00 bits per heavy atom. The highest BCUT2D eigenvalue weighted by atomic mass is 16.6. The van der Waals surface area contributed by atoms with Crippen LogP contribution in [0.5, 0.6) is 0 Å². The molecule has 0 bridgehead atoms. The topological polar surface area (TPSA) is 125 Å². The van der Waals surface area contributed by atoms with E-state index in [1.54, 1.807) is 32.9 Å². The zero-order valence-corrected chi connectivity index (χ0v) is 15.5. The van der Waals surface area contributed by atoms with Crippen LogP contribution in [0.1, 0.15) is 36.7 Å². The molecule has 0 aliphatic rings. The Bertz CT molecular complexity index is 862. The molecule has 0 radical (unpaired) electrons. The fourth-order valence-corrected chi connectivity index (χ4v) is 2.54. The van der Waals surface area contributed by atoms with Crippen LogP contribution in [0.15, 0.2) is 24.3 Å².